The molecule has 1 N–H and O–H groups in total. The third-order valence-corrected chi connectivity index (χ3v) is 5.72. The maximum Gasteiger partial charge on any atom is 0.224 e. The van der Waals surface area contributed by atoms with Gasteiger partial charge in [-0.1, -0.05) is 24.3 Å². The zero-order chi connectivity index (χ0) is 19.7. The van der Waals surface area contributed by atoms with E-state index >= 15 is 0 Å². The molecule has 0 fully saturated rings. The summed E-state index contributed by atoms with van der Waals surface area (Å²) in [6.45, 7) is 4.57. The summed E-state index contributed by atoms with van der Waals surface area (Å²) in [6.07, 6.45) is 3.66. The number of rotatable bonds is 6. The Bertz CT molecular complexity index is 1090. The summed E-state index contributed by atoms with van der Waals surface area (Å²) >= 11 is 0. The Morgan fingerprint density at radius 3 is 2.79 bits per heavy atom. The molecule has 1 heterocycles. The molecule has 0 atom stereocenters. The third kappa shape index (κ3) is 3.27. The normalized spacial score (nSPS) is 12.3. The lowest BCUT2D eigenvalue weighted by atomic mass is 10.0. The molecular weight excluding hydrogens is 348 g/mol. The van der Waals surface area contributed by atoms with E-state index in [-0.39, 0.29) is 5.91 Å². The molecule has 0 radical (unpaired) electrons. The first-order valence-corrected chi connectivity index (χ1v) is 9.81. The van der Waals surface area contributed by atoms with Gasteiger partial charge in [0.25, 0.3) is 0 Å². The zero-order valence-electron chi connectivity index (χ0n) is 16.4. The van der Waals surface area contributed by atoms with Crippen LogP contribution in [0.5, 0.6) is 0 Å². The fourth-order valence-electron chi connectivity index (χ4n) is 4.28. The second-order valence-electron chi connectivity index (χ2n) is 7.44. The molecule has 142 valence electrons. The molecule has 3 aromatic rings. The number of amides is 1. The van der Waals surface area contributed by atoms with Gasteiger partial charge in [0.2, 0.25) is 5.91 Å². The molecule has 5 heteroatoms. The lowest BCUT2D eigenvalue weighted by Gasteiger charge is -2.11. The maximum atomic E-state index is 12.6. The molecule has 1 aliphatic rings. The Kier molecular flexibility index (Phi) is 4.87. The smallest absolute Gasteiger partial charge is 0.224 e. The summed E-state index contributed by atoms with van der Waals surface area (Å²) in [7, 11) is 0. The fourth-order valence-corrected chi connectivity index (χ4v) is 4.28. The van der Waals surface area contributed by atoms with Gasteiger partial charge in [-0.25, -0.2) is 0 Å². The molecule has 0 aliphatic heterocycles. The number of hydrogen-bond acceptors (Lipinski definition) is 3. The number of carbonyl (C=O) groups excluding carboxylic acids is 1. The first kappa shape index (κ1) is 18.2. The van der Waals surface area contributed by atoms with E-state index in [1.807, 2.05) is 24.6 Å². The van der Waals surface area contributed by atoms with Gasteiger partial charge in [-0.05, 0) is 61.3 Å². The Hall–Kier alpha value is -3.13. The van der Waals surface area contributed by atoms with Gasteiger partial charge < -0.3 is 5.32 Å². The first-order chi connectivity index (χ1) is 13.6. The number of aryl methyl sites for hydroxylation is 4. The predicted octanol–water partition coefficient (Wildman–Crippen LogP) is 4.24. The van der Waals surface area contributed by atoms with E-state index in [1.54, 1.807) is 0 Å². The van der Waals surface area contributed by atoms with E-state index in [0.29, 0.717) is 25.8 Å². The van der Waals surface area contributed by atoms with Crippen LogP contribution >= 0.6 is 0 Å². The third-order valence-electron chi connectivity index (χ3n) is 5.72. The summed E-state index contributed by atoms with van der Waals surface area (Å²) in [5.41, 5.74) is 6.73. The number of nitrogens with zero attached hydrogens (tertiary/aromatic N) is 3. The predicted molar refractivity (Wildman–Crippen MR) is 110 cm³/mol. The Morgan fingerprint density at radius 2 is 2.00 bits per heavy atom. The van der Waals surface area contributed by atoms with E-state index in [1.165, 1.54) is 16.5 Å². The van der Waals surface area contributed by atoms with Crippen molar-refractivity contribution in [3.05, 3.63) is 58.4 Å². The van der Waals surface area contributed by atoms with Crippen LogP contribution in [0.25, 0.3) is 10.8 Å². The van der Waals surface area contributed by atoms with Crippen LogP contribution in [-0.4, -0.2) is 15.7 Å². The molecule has 2 aromatic carbocycles. The Balaban J connectivity index is 1.47. The van der Waals surface area contributed by atoms with Crippen LogP contribution in [0.3, 0.4) is 0 Å². The highest BCUT2D eigenvalue weighted by Crippen LogP contribution is 2.35. The fraction of sp³-hybridized carbons (Fsp3) is 0.348. The minimum absolute atomic E-state index is 0.0160. The molecule has 1 aliphatic carbocycles. The summed E-state index contributed by atoms with van der Waals surface area (Å²) in [5.74, 6) is 0.0160. The Morgan fingerprint density at radius 1 is 1.21 bits per heavy atom. The van der Waals surface area contributed by atoms with Crippen molar-refractivity contribution in [2.45, 2.75) is 52.5 Å². The molecule has 0 saturated carbocycles. The minimum Gasteiger partial charge on any atom is -0.326 e. The van der Waals surface area contributed by atoms with Crippen molar-refractivity contribution in [3.8, 4) is 6.07 Å². The monoisotopic (exact) mass is 372 g/mol. The van der Waals surface area contributed by atoms with Crippen molar-refractivity contribution in [3.63, 3.8) is 0 Å². The average molecular weight is 372 g/mol. The van der Waals surface area contributed by atoms with Gasteiger partial charge in [0.1, 0.15) is 0 Å². The molecule has 0 unspecified atom stereocenters. The van der Waals surface area contributed by atoms with Crippen molar-refractivity contribution in [2.75, 3.05) is 5.32 Å². The number of nitriles is 1. The SMILES string of the molecule is Cc1nn(CCC#N)c(C)c1CCC(=O)Nc1ccc2c3c(cccc13)CC2. The van der Waals surface area contributed by atoms with Gasteiger partial charge in [0.05, 0.1) is 24.7 Å². The summed E-state index contributed by atoms with van der Waals surface area (Å²) in [4.78, 5) is 12.6. The van der Waals surface area contributed by atoms with Crippen molar-refractivity contribution < 1.29 is 4.79 Å². The Labute approximate surface area is 165 Å². The quantitative estimate of drug-likeness (QED) is 0.704. The zero-order valence-corrected chi connectivity index (χ0v) is 16.4. The van der Waals surface area contributed by atoms with Crippen LogP contribution in [0.15, 0.2) is 30.3 Å². The van der Waals surface area contributed by atoms with E-state index in [9.17, 15) is 4.79 Å². The van der Waals surface area contributed by atoms with Crippen LogP contribution in [0.2, 0.25) is 0 Å². The van der Waals surface area contributed by atoms with Crippen LogP contribution in [-0.2, 0) is 30.6 Å². The molecule has 0 saturated heterocycles. The van der Waals surface area contributed by atoms with E-state index in [2.05, 4.69) is 40.8 Å². The topological polar surface area (TPSA) is 70.7 Å². The van der Waals surface area contributed by atoms with Gasteiger partial charge >= 0.3 is 0 Å². The van der Waals surface area contributed by atoms with Crippen LogP contribution in [0.4, 0.5) is 5.69 Å². The summed E-state index contributed by atoms with van der Waals surface area (Å²) < 4.78 is 1.87. The second-order valence-corrected chi connectivity index (χ2v) is 7.44. The van der Waals surface area contributed by atoms with Gasteiger partial charge in [-0.3, -0.25) is 9.48 Å². The number of aromatic nitrogens is 2. The molecular formula is C23H24N4O. The van der Waals surface area contributed by atoms with Crippen molar-refractivity contribution >= 4 is 22.4 Å². The molecule has 0 bridgehead atoms. The van der Waals surface area contributed by atoms with Crippen LogP contribution in [0.1, 0.15) is 40.9 Å². The highest BCUT2D eigenvalue weighted by atomic mass is 16.1. The summed E-state index contributed by atoms with van der Waals surface area (Å²) in [6, 6.07) is 12.7. The van der Waals surface area contributed by atoms with Gasteiger partial charge in [-0.2, -0.15) is 10.4 Å². The number of nitrogens with one attached hydrogen (secondary N) is 1. The van der Waals surface area contributed by atoms with Crippen molar-refractivity contribution in [1.82, 2.24) is 9.78 Å². The average Bonchev–Trinajstić information content (AvgIpc) is 3.23. The molecule has 0 spiro atoms. The molecule has 1 amide bonds. The highest BCUT2D eigenvalue weighted by molar-refractivity contribution is 6.05. The molecule has 4 rings (SSSR count). The second kappa shape index (κ2) is 7.47. The van der Waals surface area contributed by atoms with Crippen molar-refractivity contribution in [2.24, 2.45) is 0 Å². The minimum atomic E-state index is 0.0160. The van der Waals surface area contributed by atoms with Crippen LogP contribution < -0.4 is 5.32 Å². The van der Waals surface area contributed by atoms with Crippen LogP contribution in [0, 0.1) is 25.2 Å². The lowest BCUT2D eigenvalue weighted by molar-refractivity contribution is -0.116. The van der Waals surface area contributed by atoms with Gasteiger partial charge in [0, 0.05) is 23.2 Å². The van der Waals surface area contributed by atoms with E-state index in [0.717, 1.165) is 40.9 Å². The van der Waals surface area contributed by atoms with Crippen molar-refractivity contribution in [1.29, 1.82) is 5.26 Å². The number of carbonyl (C=O) groups is 1. The lowest BCUT2D eigenvalue weighted by Crippen LogP contribution is -2.13. The number of anilines is 1. The standard InChI is InChI=1S/C23H24N4O/c1-15-19(16(2)27(26-15)14-4-13-24)10-12-22(28)25-21-11-9-18-8-7-17-5-3-6-20(21)23(17)18/h3,5-6,9,11H,4,7-8,10,12,14H2,1-2H3,(H,25,28). The molecule has 28 heavy (non-hydrogen) atoms. The molecule has 1 aromatic heterocycles. The number of hydrogen-bond donors (Lipinski definition) is 1. The van der Waals surface area contributed by atoms with E-state index in [4.69, 9.17) is 5.26 Å². The number of benzene rings is 2. The van der Waals surface area contributed by atoms with Gasteiger partial charge in [0.15, 0.2) is 0 Å². The molecule has 5 nitrogen and oxygen atoms in total. The maximum absolute atomic E-state index is 12.6. The first-order valence-electron chi connectivity index (χ1n) is 9.81. The highest BCUT2D eigenvalue weighted by Gasteiger charge is 2.17. The summed E-state index contributed by atoms with van der Waals surface area (Å²) in [5, 5.41) is 18.8. The van der Waals surface area contributed by atoms with E-state index < -0.39 is 0 Å². The largest absolute Gasteiger partial charge is 0.326 e. The van der Waals surface area contributed by atoms with Gasteiger partial charge in [-0.15, -0.1) is 0 Å².